The molecule has 0 aromatic heterocycles. The Morgan fingerprint density at radius 2 is 1.86 bits per heavy atom. The number of aryl methyl sites for hydroxylation is 1. The molecule has 1 N–H and O–H groups in total. The van der Waals surface area contributed by atoms with E-state index in [-0.39, 0.29) is 12.5 Å². The zero-order valence-corrected chi connectivity index (χ0v) is 17.6. The smallest absolute Gasteiger partial charge is 0.277 e. The molecule has 0 radical (unpaired) electrons. The Hall–Kier alpha value is -3.12. The highest BCUT2D eigenvalue weighted by molar-refractivity contribution is 9.10. The number of nitrogens with one attached hydrogen (secondary N) is 1. The molecule has 148 valence electrons. The van der Waals surface area contributed by atoms with Crippen molar-refractivity contribution in [1.82, 2.24) is 5.43 Å². The van der Waals surface area contributed by atoms with Crippen molar-refractivity contribution in [2.75, 3.05) is 6.61 Å². The van der Waals surface area contributed by atoms with Crippen molar-refractivity contribution < 1.29 is 14.3 Å². The molecule has 1 amide bonds. The fraction of sp³-hybridized carbons (Fsp3) is 0.130. The molecular formula is C23H21BrN2O3. The SMILES string of the molecule is Cc1cccc(OCC(=O)N/N=C/c2cc(Br)ccc2OCc2ccccc2)c1. The number of amides is 1. The minimum atomic E-state index is -0.343. The Labute approximate surface area is 178 Å². The predicted molar refractivity (Wildman–Crippen MR) is 117 cm³/mol. The third kappa shape index (κ3) is 6.76. The summed E-state index contributed by atoms with van der Waals surface area (Å²) in [6.45, 7) is 2.29. The first-order chi connectivity index (χ1) is 14.1. The number of benzene rings is 3. The van der Waals surface area contributed by atoms with Gasteiger partial charge in [0.25, 0.3) is 5.91 Å². The topological polar surface area (TPSA) is 59.9 Å². The monoisotopic (exact) mass is 452 g/mol. The molecule has 0 spiro atoms. The lowest BCUT2D eigenvalue weighted by Gasteiger charge is -2.10. The molecule has 0 aliphatic rings. The first kappa shape index (κ1) is 20.6. The van der Waals surface area contributed by atoms with E-state index in [2.05, 4.69) is 26.5 Å². The summed E-state index contributed by atoms with van der Waals surface area (Å²) in [6, 6.07) is 23.1. The van der Waals surface area contributed by atoms with Crippen LogP contribution in [-0.4, -0.2) is 18.7 Å². The van der Waals surface area contributed by atoms with Gasteiger partial charge in [-0.05, 0) is 48.4 Å². The first-order valence-electron chi connectivity index (χ1n) is 9.08. The van der Waals surface area contributed by atoms with Crippen molar-refractivity contribution in [1.29, 1.82) is 0 Å². The van der Waals surface area contributed by atoms with Crippen LogP contribution in [0.4, 0.5) is 0 Å². The minimum absolute atomic E-state index is 0.114. The summed E-state index contributed by atoms with van der Waals surface area (Å²) in [4.78, 5) is 12.0. The molecule has 3 rings (SSSR count). The number of carbonyl (C=O) groups is 1. The van der Waals surface area contributed by atoms with E-state index in [1.807, 2.05) is 73.7 Å². The largest absolute Gasteiger partial charge is 0.488 e. The highest BCUT2D eigenvalue weighted by Gasteiger charge is 2.05. The van der Waals surface area contributed by atoms with Crippen molar-refractivity contribution in [3.05, 3.63) is 94.0 Å². The number of hydrazone groups is 1. The van der Waals surface area contributed by atoms with Gasteiger partial charge in [-0.2, -0.15) is 5.10 Å². The van der Waals surface area contributed by atoms with Gasteiger partial charge in [-0.15, -0.1) is 0 Å². The summed E-state index contributed by atoms with van der Waals surface area (Å²) in [5, 5.41) is 4.02. The van der Waals surface area contributed by atoms with E-state index in [0.717, 1.165) is 21.2 Å². The van der Waals surface area contributed by atoms with Gasteiger partial charge in [0.1, 0.15) is 18.1 Å². The van der Waals surface area contributed by atoms with Crippen LogP contribution in [0.5, 0.6) is 11.5 Å². The molecular weight excluding hydrogens is 432 g/mol. The number of ether oxygens (including phenoxy) is 2. The average molecular weight is 453 g/mol. The fourth-order valence-corrected chi connectivity index (χ4v) is 2.93. The van der Waals surface area contributed by atoms with Crippen LogP contribution in [0, 0.1) is 6.92 Å². The van der Waals surface area contributed by atoms with Gasteiger partial charge in [0.2, 0.25) is 0 Å². The minimum Gasteiger partial charge on any atom is -0.488 e. The van der Waals surface area contributed by atoms with E-state index in [4.69, 9.17) is 9.47 Å². The van der Waals surface area contributed by atoms with Gasteiger partial charge in [-0.1, -0.05) is 58.4 Å². The van der Waals surface area contributed by atoms with E-state index in [1.54, 1.807) is 12.3 Å². The molecule has 0 saturated heterocycles. The molecule has 0 heterocycles. The number of rotatable bonds is 8. The van der Waals surface area contributed by atoms with Gasteiger partial charge >= 0.3 is 0 Å². The Balaban J connectivity index is 1.56. The summed E-state index contributed by atoms with van der Waals surface area (Å²) in [5.74, 6) is 0.975. The highest BCUT2D eigenvalue weighted by Crippen LogP contribution is 2.22. The Morgan fingerprint density at radius 1 is 1.03 bits per heavy atom. The number of hydrogen-bond acceptors (Lipinski definition) is 4. The standard InChI is InChI=1S/C23H21BrN2O3/c1-17-6-5-9-21(12-17)28-16-23(27)26-25-14-19-13-20(24)10-11-22(19)29-15-18-7-3-2-4-8-18/h2-14H,15-16H2,1H3,(H,26,27)/b25-14+. The first-order valence-corrected chi connectivity index (χ1v) is 9.87. The van der Waals surface area contributed by atoms with E-state index < -0.39 is 0 Å². The number of halogens is 1. The lowest BCUT2D eigenvalue weighted by Crippen LogP contribution is -2.24. The van der Waals surface area contributed by atoms with Crippen LogP contribution in [-0.2, 0) is 11.4 Å². The van der Waals surface area contributed by atoms with Crippen LogP contribution in [0.2, 0.25) is 0 Å². The quantitative estimate of drug-likeness (QED) is 0.391. The molecule has 0 unspecified atom stereocenters. The number of carbonyl (C=O) groups excluding carboxylic acids is 1. The number of nitrogens with zero attached hydrogens (tertiary/aromatic N) is 1. The maximum Gasteiger partial charge on any atom is 0.277 e. The predicted octanol–water partition coefficient (Wildman–Crippen LogP) is 4.87. The van der Waals surface area contributed by atoms with Crippen LogP contribution < -0.4 is 14.9 Å². The second kappa shape index (κ2) is 10.4. The van der Waals surface area contributed by atoms with Crippen molar-refractivity contribution in [3.8, 4) is 11.5 Å². The van der Waals surface area contributed by atoms with Crippen LogP contribution in [0.3, 0.4) is 0 Å². The van der Waals surface area contributed by atoms with Gasteiger partial charge in [0.05, 0.1) is 6.21 Å². The van der Waals surface area contributed by atoms with Gasteiger partial charge in [0, 0.05) is 10.0 Å². The normalized spacial score (nSPS) is 10.7. The molecule has 0 aliphatic carbocycles. The van der Waals surface area contributed by atoms with Gasteiger partial charge in [-0.3, -0.25) is 4.79 Å². The molecule has 0 aliphatic heterocycles. The molecule has 5 nitrogen and oxygen atoms in total. The van der Waals surface area contributed by atoms with E-state index in [1.165, 1.54) is 0 Å². The van der Waals surface area contributed by atoms with Gasteiger partial charge in [-0.25, -0.2) is 5.43 Å². The molecule has 0 bridgehead atoms. The van der Waals surface area contributed by atoms with Crippen LogP contribution in [0.25, 0.3) is 0 Å². The second-order valence-corrected chi connectivity index (χ2v) is 7.27. The van der Waals surface area contributed by atoms with Crippen LogP contribution >= 0.6 is 15.9 Å². The fourth-order valence-electron chi connectivity index (χ4n) is 2.55. The maximum absolute atomic E-state index is 12.0. The molecule has 0 saturated carbocycles. The summed E-state index contributed by atoms with van der Waals surface area (Å²) >= 11 is 3.45. The van der Waals surface area contributed by atoms with E-state index in [9.17, 15) is 4.79 Å². The summed E-state index contributed by atoms with van der Waals surface area (Å²) < 4.78 is 12.3. The van der Waals surface area contributed by atoms with Crippen molar-refractivity contribution in [2.45, 2.75) is 13.5 Å². The Bertz CT molecular complexity index is 990. The van der Waals surface area contributed by atoms with Crippen LogP contribution in [0.15, 0.2) is 82.4 Å². The van der Waals surface area contributed by atoms with Crippen molar-refractivity contribution in [2.24, 2.45) is 5.10 Å². The van der Waals surface area contributed by atoms with Crippen molar-refractivity contribution >= 4 is 28.1 Å². The Morgan fingerprint density at radius 3 is 2.66 bits per heavy atom. The number of hydrogen-bond donors (Lipinski definition) is 1. The zero-order valence-electron chi connectivity index (χ0n) is 16.0. The van der Waals surface area contributed by atoms with Crippen LogP contribution in [0.1, 0.15) is 16.7 Å². The van der Waals surface area contributed by atoms with Gasteiger partial charge in [0.15, 0.2) is 6.61 Å². The third-order valence-electron chi connectivity index (χ3n) is 3.96. The summed E-state index contributed by atoms with van der Waals surface area (Å²) in [7, 11) is 0. The third-order valence-corrected chi connectivity index (χ3v) is 4.45. The molecule has 3 aromatic rings. The molecule has 29 heavy (non-hydrogen) atoms. The zero-order chi connectivity index (χ0) is 20.5. The lowest BCUT2D eigenvalue weighted by atomic mass is 10.2. The Kier molecular flexibility index (Phi) is 7.41. The highest BCUT2D eigenvalue weighted by atomic mass is 79.9. The maximum atomic E-state index is 12.0. The summed E-state index contributed by atoms with van der Waals surface area (Å²) in [5.41, 5.74) is 5.35. The molecule has 0 fully saturated rings. The van der Waals surface area contributed by atoms with Crippen molar-refractivity contribution in [3.63, 3.8) is 0 Å². The second-order valence-electron chi connectivity index (χ2n) is 6.35. The average Bonchev–Trinajstić information content (AvgIpc) is 2.72. The summed E-state index contributed by atoms with van der Waals surface area (Å²) in [6.07, 6.45) is 1.55. The molecule has 6 heteroatoms. The van der Waals surface area contributed by atoms with Gasteiger partial charge < -0.3 is 9.47 Å². The lowest BCUT2D eigenvalue weighted by molar-refractivity contribution is -0.123. The molecule has 3 aromatic carbocycles. The van der Waals surface area contributed by atoms with E-state index >= 15 is 0 Å². The van der Waals surface area contributed by atoms with E-state index in [0.29, 0.717) is 18.1 Å². The molecule has 0 atom stereocenters.